The van der Waals surface area contributed by atoms with Gasteiger partial charge in [0.05, 0.1) is 6.61 Å². The predicted molar refractivity (Wildman–Crippen MR) is 73.7 cm³/mol. The molecule has 0 bridgehead atoms. The molecule has 1 rings (SSSR count). The quantitative estimate of drug-likeness (QED) is 0.733. The molecule has 0 radical (unpaired) electrons. The molecule has 0 aliphatic heterocycles. The number of benzene rings is 1. The van der Waals surface area contributed by atoms with Gasteiger partial charge in [-0.3, -0.25) is 4.79 Å². The molecule has 0 heterocycles. The van der Waals surface area contributed by atoms with Crippen LogP contribution < -0.4 is 5.32 Å². The summed E-state index contributed by atoms with van der Waals surface area (Å²) in [6.07, 6.45) is 4.24. The topological polar surface area (TPSA) is 75.6 Å². The molecule has 1 amide bonds. The van der Waals surface area contributed by atoms with E-state index < -0.39 is 24.0 Å². The smallest absolute Gasteiger partial charge is 0.327 e. The second-order valence-electron chi connectivity index (χ2n) is 4.25. The number of hydrogen-bond acceptors (Lipinski definition) is 3. The van der Waals surface area contributed by atoms with Crippen LogP contribution in [0.15, 0.2) is 30.3 Å². The third-order valence-corrected chi connectivity index (χ3v) is 2.65. The summed E-state index contributed by atoms with van der Waals surface area (Å²) in [6, 6.07) is 8.30. The Kier molecular flexibility index (Phi) is 6.27. The molecule has 1 aromatic rings. The molecular weight excluding hydrogens is 258 g/mol. The molecule has 0 saturated heterocycles. The molecule has 1 aromatic carbocycles. The summed E-state index contributed by atoms with van der Waals surface area (Å²) < 4.78 is 5.39. The number of carbonyl (C=O) groups excluding carboxylic acids is 1. The van der Waals surface area contributed by atoms with Crippen molar-refractivity contribution in [2.24, 2.45) is 0 Å². The molecule has 0 aliphatic carbocycles. The van der Waals surface area contributed by atoms with Crippen molar-refractivity contribution in [3.8, 4) is 12.3 Å². The van der Waals surface area contributed by atoms with Crippen LogP contribution in [0, 0.1) is 12.3 Å². The van der Waals surface area contributed by atoms with Crippen LogP contribution in [0.1, 0.15) is 18.9 Å². The molecule has 0 saturated carbocycles. The van der Waals surface area contributed by atoms with Crippen LogP contribution in [0.25, 0.3) is 0 Å². The van der Waals surface area contributed by atoms with Gasteiger partial charge in [-0.05, 0) is 12.5 Å². The number of aliphatic carboxylic acids is 1. The summed E-state index contributed by atoms with van der Waals surface area (Å²) in [7, 11) is 0. The minimum absolute atomic E-state index is 0.0630. The first-order valence-electron chi connectivity index (χ1n) is 6.16. The Morgan fingerprint density at radius 2 is 2.05 bits per heavy atom. The van der Waals surface area contributed by atoms with Gasteiger partial charge in [0.1, 0.15) is 12.1 Å². The van der Waals surface area contributed by atoms with Gasteiger partial charge >= 0.3 is 5.97 Å². The van der Waals surface area contributed by atoms with Crippen molar-refractivity contribution in [2.45, 2.75) is 32.1 Å². The summed E-state index contributed by atoms with van der Waals surface area (Å²) in [5.74, 6) is 0.558. The summed E-state index contributed by atoms with van der Waals surface area (Å²) in [5.41, 5.74) is 0.936. The number of carboxylic acid groups (broad SMARTS) is 1. The number of hydrogen-bond donors (Lipinski definition) is 2. The van der Waals surface area contributed by atoms with E-state index in [0.717, 1.165) is 5.56 Å². The Bertz CT molecular complexity index is 492. The van der Waals surface area contributed by atoms with E-state index in [0.29, 0.717) is 0 Å². The Balaban J connectivity index is 2.46. The van der Waals surface area contributed by atoms with E-state index in [1.807, 2.05) is 30.3 Å². The van der Waals surface area contributed by atoms with Gasteiger partial charge in [0.25, 0.3) is 0 Å². The lowest BCUT2D eigenvalue weighted by Crippen LogP contribution is -2.45. The van der Waals surface area contributed by atoms with Crippen LogP contribution in [0.4, 0.5) is 0 Å². The molecule has 0 aliphatic rings. The highest BCUT2D eigenvalue weighted by molar-refractivity contribution is 5.86. The maximum Gasteiger partial charge on any atom is 0.327 e. The lowest BCUT2D eigenvalue weighted by molar-refractivity contribution is -0.144. The number of amides is 1. The molecule has 0 aromatic heterocycles. The Hall–Kier alpha value is -2.32. The number of terminal acetylenes is 1. The fraction of sp³-hybridized carbons (Fsp3) is 0.333. The van der Waals surface area contributed by atoms with Crippen LogP contribution in [-0.4, -0.2) is 29.1 Å². The number of ether oxygens (including phenoxy) is 1. The lowest BCUT2D eigenvalue weighted by Gasteiger charge is -2.16. The van der Waals surface area contributed by atoms with Gasteiger partial charge in [-0.2, -0.15) is 0 Å². The van der Waals surface area contributed by atoms with Crippen molar-refractivity contribution in [1.29, 1.82) is 0 Å². The highest BCUT2D eigenvalue weighted by atomic mass is 16.5. The second-order valence-corrected chi connectivity index (χ2v) is 4.25. The molecule has 2 atom stereocenters. The highest BCUT2D eigenvalue weighted by Gasteiger charge is 2.22. The van der Waals surface area contributed by atoms with E-state index in [2.05, 4.69) is 11.2 Å². The first-order chi connectivity index (χ1) is 9.54. The molecular formula is C15H17NO4. The maximum atomic E-state index is 11.8. The number of rotatable bonds is 7. The largest absolute Gasteiger partial charge is 0.480 e. The van der Waals surface area contributed by atoms with E-state index in [-0.39, 0.29) is 13.0 Å². The highest BCUT2D eigenvalue weighted by Crippen LogP contribution is 2.04. The Morgan fingerprint density at radius 3 is 2.60 bits per heavy atom. The zero-order valence-corrected chi connectivity index (χ0v) is 11.2. The number of carboxylic acids is 1. The van der Waals surface area contributed by atoms with Crippen LogP contribution in [0.2, 0.25) is 0 Å². The molecule has 2 unspecified atom stereocenters. The van der Waals surface area contributed by atoms with Gasteiger partial charge in [-0.25, -0.2) is 4.79 Å². The summed E-state index contributed by atoms with van der Waals surface area (Å²) in [6.45, 7) is 1.84. The van der Waals surface area contributed by atoms with Gasteiger partial charge in [0, 0.05) is 6.42 Å². The average molecular weight is 275 g/mol. The monoisotopic (exact) mass is 275 g/mol. The van der Waals surface area contributed by atoms with Crippen molar-refractivity contribution in [1.82, 2.24) is 5.32 Å². The van der Waals surface area contributed by atoms with Crippen molar-refractivity contribution in [2.75, 3.05) is 0 Å². The minimum atomic E-state index is -1.16. The number of carbonyl (C=O) groups is 2. The van der Waals surface area contributed by atoms with E-state index >= 15 is 0 Å². The summed E-state index contributed by atoms with van der Waals surface area (Å²) in [4.78, 5) is 22.7. The Morgan fingerprint density at radius 1 is 1.40 bits per heavy atom. The van der Waals surface area contributed by atoms with Gasteiger partial charge in [0.2, 0.25) is 5.91 Å². The normalized spacial score (nSPS) is 13.0. The molecule has 0 spiro atoms. The fourth-order valence-corrected chi connectivity index (χ4v) is 1.48. The SMILES string of the molecule is C#CCC(NC(=O)C(C)OCc1ccccc1)C(=O)O. The summed E-state index contributed by atoms with van der Waals surface area (Å²) >= 11 is 0. The van der Waals surface area contributed by atoms with E-state index in [1.165, 1.54) is 0 Å². The number of nitrogens with one attached hydrogen (secondary N) is 1. The standard InChI is InChI=1S/C15H17NO4/c1-3-7-13(15(18)19)16-14(17)11(2)20-10-12-8-5-4-6-9-12/h1,4-6,8-9,11,13H,7,10H2,2H3,(H,16,17)(H,18,19). The van der Waals surface area contributed by atoms with Crippen LogP contribution in [0.3, 0.4) is 0 Å². The van der Waals surface area contributed by atoms with Gasteiger partial charge < -0.3 is 15.2 Å². The Labute approximate surface area is 117 Å². The average Bonchev–Trinajstić information content (AvgIpc) is 2.45. The molecule has 106 valence electrons. The molecule has 0 fully saturated rings. The minimum Gasteiger partial charge on any atom is -0.480 e. The first kappa shape index (κ1) is 15.7. The molecule has 20 heavy (non-hydrogen) atoms. The maximum absolute atomic E-state index is 11.8. The lowest BCUT2D eigenvalue weighted by atomic mass is 10.2. The predicted octanol–water partition coefficient (Wildman–Crippen LogP) is 1.18. The second kappa shape index (κ2) is 7.97. The van der Waals surface area contributed by atoms with E-state index in [4.69, 9.17) is 16.3 Å². The zero-order chi connectivity index (χ0) is 15.0. The molecule has 5 nitrogen and oxygen atoms in total. The summed E-state index contributed by atoms with van der Waals surface area (Å²) in [5, 5.41) is 11.2. The van der Waals surface area contributed by atoms with Crippen molar-refractivity contribution < 1.29 is 19.4 Å². The van der Waals surface area contributed by atoms with Gasteiger partial charge in [-0.1, -0.05) is 30.3 Å². The van der Waals surface area contributed by atoms with Gasteiger partial charge in [0.15, 0.2) is 0 Å². The van der Waals surface area contributed by atoms with Crippen LogP contribution >= 0.6 is 0 Å². The van der Waals surface area contributed by atoms with Crippen molar-refractivity contribution in [3.63, 3.8) is 0 Å². The zero-order valence-electron chi connectivity index (χ0n) is 11.2. The van der Waals surface area contributed by atoms with Crippen molar-refractivity contribution in [3.05, 3.63) is 35.9 Å². The van der Waals surface area contributed by atoms with E-state index in [9.17, 15) is 9.59 Å². The fourth-order valence-electron chi connectivity index (χ4n) is 1.48. The molecule has 2 N–H and O–H groups in total. The molecule has 5 heteroatoms. The van der Waals surface area contributed by atoms with Gasteiger partial charge in [-0.15, -0.1) is 12.3 Å². The van der Waals surface area contributed by atoms with Crippen LogP contribution in [-0.2, 0) is 20.9 Å². The third-order valence-electron chi connectivity index (χ3n) is 2.65. The van der Waals surface area contributed by atoms with E-state index in [1.54, 1.807) is 6.92 Å². The van der Waals surface area contributed by atoms with Crippen molar-refractivity contribution >= 4 is 11.9 Å². The van der Waals surface area contributed by atoms with Crippen LogP contribution in [0.5, 0.6) is 0 Å². The first-order valence-corrected chi connectivity index (χ1v) is 6.16. The third kappa shape index (κ3) is 5.12.